The number of thioether (sulfide) groups is 1. The Bertz CT molecular complexity index is 401. The highest BCUT2D eigenvalue weighted by molar-refractivity contribution is 8.00. The van der Waals surface area contributed by atoms with Crippen LogP contribution in [0.25, 0.3) is 0 Å². The summed E-state index contributed by atoms with van der Waals surface area (Å²) in [5.74, 6) is -0.281. The summed E-state index contributed by atoms with van der Waals surface area (Å²) in [6, 6.07) is 0. The largest absolute Gasteiger partial charge is 0.379 e. The van der Waals surface area contributed by atoms with Crippen LogP contribution in [0, 0.1) is 0 Å². The summed E-state index contributed by atoms with van der Waals surface area (Å²) < 4.78 is 4.57. The second kappa shape index (κ2) is 4.95. The topological polar surface area (TPSA) is 94.0 Å². The van der Waals surface area contributed by atoms with E-state index in [1.165, 1.54) is 12.8 Å². The van der Waals surface area contributed by atoms with Gasteiger partial charge in [-0.25, -0.2) is 4.63 Å². The molecule has 7 heteroatoms. The van der Waals surface area contributed by atoms with E-state index in [0.29, 0.717) is 6.54 Å². The van der Waals surface area contributed by atoms with Gasteiger partial charge in [-0.15, -0.1) is 0 Å². The van der Waals surface area contributed by atoms with Crippen LogP contribution in [-0.2, 0) is 0 Å². The van der Waals surface area contributed by atoms with Crippen molar-refractivity contribution in [2.45, 2.75) is 30.4 Å². The third kappa shape index (κ3) is 2.54. The first-order valence-electron chi connectivity index (χ1n) is 5.58. The molecule has 6 nitrogen and oxygen atoms in total. The molecule has 1 aromatic rings. The van der Waals surface area contributed by atoms with Crippen LogP contribution < -0.4 is 11.1 Å². The molecule has 1 amide bonds. The minimum absolute atomic E-state index is 0.0344. The normalized spacial score (nSPS) is 18.2. The minimum Gasteiger partial charge on any atom is -0.379 e. The van der Waals surface area contributed by atoms with Crippen molar-refractivity contribution in [2.24, 2.45) is 0 Å². The summed E-state index contributed by atoms with van der Waals surface area (Å²) >= 11 is 1.82. The van der Waals surface area contributed by atoms with Crippen molar-refractivity contribution < 1.29 is 9.42 Å². The molecule has 0 atom stereocenters. The molecule has 1 saturated carbocycles. The van der Waals surface area contributed by atoms with Crippen molar-refractivity contribution in [3.8, 4) is 0 Å². The molecule has 17 heavy (non-hydrogen) atoms. The van der Waals surface area contributed by atoms with E-state index in [1.807, 2.05) is 11.8 Å². The van der Waals surface area contributed by atoms with E-state index in [1.54, 1.807) is 0 Å². The number of nitrogens with one attached hydrogen (secondary N) is 1. The molecule has 0 saturated heterocycles. The maximum atomic E-state index is 11.8. The molecule has 1 fully saturated rings. The monoisotopic (exact) mass is 256 g/mol. The van der Waals surface area contributed by atoms with E-state index in [9.17, 15) is 4.79 Å². The van der Waals surface area contributed by atoms with E-state index in [2.05, 4.69) is 26.5 Å². The Morgan fingerprint density at radius 2 is 2.24 bits per heavy atom. The molecule has 0 spiro atoms. The van der Waals surface area contributed by atoms with Crippen molar-refractivity contribution in [3.05, 3.63) is 5.69 Å². The Morgan fingerprint density at radius 1 is 1.53 bits per heavy atom. The smallest absolute Gasteiger partial charge is 0.277 e. The fourth-order valence-corrected chi connectivity index (χ4v) is 3.06. The first kappa shape index (κ1) is 12.2. The van der Waals surface area contributed by atoms with Gasteiger partial charge in [0.25, 0.3) is 5.91 Å². The first-order valence-corrected chi connectivity index (χ1v) is 6.81. The zero-order valence-corrected chi connectivity index (χ0v) is 10.5. The SMILES string of the molecule is CSC1(CNC(=O)c2nonc2N)CCCC1. The molecule has 0 aliphatic heterocycles. The number of carbonyl (C=O) groups is 1. The lowest BCUT2D eigenvalue weighted by Gasteiger charge is -2.26. The number of anilines is 1. The van der Waals surface area contributed by atoms with Gasteiger partial charge >= 0.3 is 0 Å². The van der Waals surface area contributed by atoms with Gasteiger partial charge in [0.15, 0.2) is 0 Å². The average molecular weight is 256 g/mol. The molecule has 94 valence electrons. The number of nitrogens with two attached hydrogens (primary N) is 1. The Labute approximate surface area is 104 Å². The molecule has 0 radical (unpaired) electrons. The van der Waals surface area contributed by atoms with E-state index in [-0.39, 0.29) is 22.2 Å². The number of carbonyl (C=O) groups excluding carboxylic acids is 1. The van der Waals surface area contributed by atoms with Gasteiger partial charge in [0.1, 0.15) is 0 Å². The summed E-state index contributed by atoms with van der Waals surface area (Å²) in [7, 11) is 0. The van der Waals surface area contributed by atoms with Crippen molar-refractivity contribution in [1.29, 1.82) is 0 Å². The third-order valence-electron chi connectivity index (χ3n) is 3.25. The van der Waals surface area contributed by atoms with Crippen LogP contribution in [0.2, 0.25) is 0 Å². The third-order valence-corrected chi connectivity index (χ3v) is 4.67. The van der Waals surface area contributed by atoms with Gasteiger partial charge in [0.2, 0.25) is 11.5 Å². The number of hydrogen-bond acceptors (Lipinski definition) is 6. The number of nitrogens with zero attached hydrogens (tertiary/aromatic N) is 2. The highest BCUT2D eigenvalue weighted by atomic mass is 32.2. The summed E-state index contributed by atoms with van der Waals surface area (Å²) in [6.07, 6.45) is 6.82. The molecular formula is C10H16N4O2S. The molecule has 2 rings (SSSR count). The van der Waals surface area contributed by atoms with Crippen LogP contribution in [0.1, 0.15) is 36.2 Å². The molecule has 1 aliphatic carbocycles. The van der Waals surface area contributed by atoms with Gasteiger partial charge in [-0.05, 0) is 29.4 Å². The van der Waals surface area contributed by atoms with Gasteiger partial charge < -0.3 is 11.1 Å². The quantitative estimate of drug-likeness (QED) is 0.836. The highest BCUT2D eigenvalue weighted by Crippen LogP contribution is 2.39. The lowest BCUT2D eigenvalue weighted by molar-refractivity contribution is 0.0940. The lowest BCUT2D eigenvalue weighted by atomic mass is 10.1. The minimum atomic E-state index is -0.316. The van der Waals surface area contributed by atoms with Gasteiger partial charge in [-0.2, -0.15) is 11.8 Å². The fraction of sp³-hybridized carbons (Fsp3) is 0.700. The maximum Gasteiger partial charge on any atom is 0.277 e. The van der Waals surface area contributed by atoms with E-state index in [4.69, 9.17) is 5.73 Å². The zero-order valence-electron chi connectivity index (χ0n) is 9.73. The number of amides is 1. The summed E-state index contributed by atoms with van der Waals surface area (Å²) in [5, 5.41) is 9.72. The van der Waals surface area contributed by atoms with E-state index < -0.39 is 0 Å². The van der Waals surface area contributed by atoms with Gasteiger partial charge in [0.05, 0.1) is 0 Å². The Morgan fingerprint density at radius 3 is 2.76 bits per heavy atom. The Kier molecular flexibility index (Phi) is 3.56. The van der Waals surface area contributed by atoms with Crippen molar-refractivity contribution in [3.63, 3.8) is 0 Å². The zero-order chi connectivity index (χ0) is 12.3. The number of aromatic nitrogens is 2. The number of hydrogen-bond donors (Lipinski definition) is 2. The van der Waals surface area contributed by atoms with Crippen LogP contribution >= 0.6 is 11.8 Å². The highest BCUT2D eigenvalue weighted by Gasteiger charge is 2.33. The summed E-state index contributed by atoms with van der Waals surface area (Å²) in [5.41, 5.74) is 5.53. The molecule has 0 unspecified atom stereocenters. The molecule has 0 aromatic carbocycles. The average Bonchev–Trinajstić information content (AvgIpc) is 2.95. The fourth-order valence-electron chi connectivity index (χ4n) is 2.15. The van der Waals surface area contributed by atoms with Crippen LogP contribution in [0.4, 0.5) is 5.82 Å². The van der Waals surface area contributed by atoms with E-state index in [0.717, 1.165) is 12.8 Å². The van der Waals surface area contributed by atoms with Crippen LogP contribution in [0.5, 0.6) is 0 Å². The standard InChI is InChI=1S/C10H16N4O2S/c1-17-10(4-2-3-5-10)6-12-9(15)7-8(11)14-16-13-7/h2-6H2,1H3,(H2,11,14)(H,12,15). The predicted octanol–water partition coefficient (Wildman–Crippen LogP) is 1.06. The number of rotatable bonds is 4. The summed E-state index contributed by atoms with van der Waals surface area (Å²) in [6.45, 7) is 0.638. The van der Waals surface area contributed by atoms with Crippen molar-refractivity contribution in [2.75, 3.05) is 18.5 Å². The predicted molar refractivity (Wildman–Crippen MR) is 65.8 cm³/mol. The first-order chi connectivity index (χ1) is 8.17. The lowest BCUT2D eigenvalue weighted by Crippen LogP contribution is -2.38. The Hall–Kier alpha value is -1.24. The molecule has 0 bridgehead atoms. The second-order valence-corrected chi connectivity index (χ2v) is 5.55. The maximum absolute atomic E-state index is 11.8. The molecule has 1 aromatic heterocycles. The van der Waals surface area contributed by atoms with E-state index >= 15 is 0 Å². The number of nitrogen functional groups attached to an aromatic ring is 1. The van der Waals surface area contributed by atoms with Crippen LogP contribution in [0.3, 0.4) is 0 Å². The van der Waals surface area contributed by atoms with Crippen molar-refractivity contribution in [1.82, 2.24) is 15.6 Å². The van der Waals surface area contributed by atoms with Gasteiger partial charge in [-0.1, -0.05) is 12.8 Å². The summed E-state index contributed by atoms with van der Waals surface area (Å²) in [4.78, 5) is 11.8. The van der Waals surface area contributed by atoms with Crippen LogP contribution in [0.15, 0.2) is 4.63 Å². The Balaban J connectivity index is 1.94. The van der Waals surface area contributed by atoms with Crippen molar-refractivity contribution >= 4 is 23.5 Å². The van der Waals surface area contributed by atoms with Gasteiger partial charge in [-0.3, -0.25) is 4.79 Å². The molecule has 1 heterocycles. The molecular weight excluding hydrogens is 240 g/mol. The van der Waals surface area contributed by atoms with Gasteiger partial charge in [0, 0.05) is 11.3 Å². The molecule has 1 aliphatic rings. The second-order valence-electron chi connectivity index (χ2n) is 4.27. The van der Waals surface area contributed by atoms with Crippen LogP contribution in [-0.4, -0.2) is 33.8 Å². The molecule has 3 N–H and O–H groups in total.